The first kappa shape index (κ1) is 23.7. The van der Waals surface area contributed by atoms with E-state index in [9.17, 15) is 9.59 Å². The Morgan fingerprint density at radius 1 is 0.788 bits per heavy atom. The monoisotopic (exact) mass is 440 g/mol. The zero-order valence-electron chi connectivity index (χ0n) is 19.1. The van der Waals surface area contributed by atoms with Gasteiger partial charge in [-0.1, -0.05) is 73.3 Å². The fraction of sp³-hybridized carbons (Fsp3) is 0.172. The Morgan fingerprint density at radius 3 is 1.91 bits per heavy atom. The molecule has 0 spiro atoms. The molecule has 4 heteroatoms. The Labute approximate surface area is 195 Å². The van der Waals surface area contributed by atoms with Crippen molar-refractivity contribution in [1.29, 1.82) is 0 Å². The lowest BCUT2D eigenvalue weighted by atomic mass is 9.98. The zero-order valence-corrected chi connectivity index (χ0v) is 19.1. The number of hydrogen-bond donors (Lipinski definition) is 0. The maximum atomic E-state index is 11.7. The van der Waals surface area contributed by atoms with Crippen LogP contribution >= 0.6 is 0 Å². The van der Waals surface area contributed by atoms with Crippen LogP contribution in [0.5, 0.6) is 5.75 Å². The van der Waals surface area contributed by atoms with Crippen LogP contribution < -0.4 is 4.74 Å². The van der Waals surface area contributed by atoms with Gasteiger partial charge in [0, 0.05) is 12.0 Å². The van der Waals surface area contributed by atoms with Gasteiger partial charge < -0.3 is 9.47 Å². The molecule has 3 aromatic rings. The highest BCUT2D eigenvalue weighted by Crippen LogP contribution is 2.28. The second kappa shape index (κ2) is 11.1. The highest BCUT2D eigenvalue weighted by Gasteiger charge is 2.07. The molecular weight excluding hydrogens is 412 g/mol. The maximum absolute atomic E-state index is 11.7. The molecule has 3 rings (SSSR count). The van der Waals surface area contributed by atoms with Crippen molar-refractivity contribution < 1.29 is 19.1 Å². The highest BCUT2D eigenvalue weighted by atomic mass is 16.5. The van der Waals surface area contributed by atoms with Crippen molar-refractivity contribution in [1.82, 2.24) is 0 Å². The molecule has 0 radical (unpaired) electrons. The minimum Gasteiger partial charge on any atom is -0.465 e. The van der Waals surface area contributed by atoms with Gasteiger partial charge in [-0.25, -0.2) is 4.79 Å². The van der Waals surface area contributed by atoms with Crippen molar-refractivity contribution in [3.8, 4) is 28.0 Å². The van der Waals surface area contributed by atoms with E-state index in [1.54, 1.807) is 19.1 Å². The average Bonchev–Trinajstić information content (AvgIpc) is 2.79. The standard InChI is InChI=1S/C29H28O4/c1-20(2)18-28(30)32-17-16-22-8-10-23(11-9-22)25-6-5-7-26(19-25)24-12-14-27(15-13-24)33-29(31)21(3)4/h5-15,19H,1,3,16-18H2,2,4H3. The molecule has 0 atom stereocenters. The summed E-state index contributed by atoms with van der Waals surface area (Å²) in [4.78, 5) is 23.3. The van der Waals surface area contributed by atoms with Crippen LogP contribution in [0.3, 0.4) is 0 Å². The van der Waals surface area contributed by atoms with Crippen LogP contribution in [0.2, 0.25) is 0 Å². The topological polar surface area (TPSA) is 52.6 Å². The van der Waals surface area contributed by atoms with Crippen molar-refractivity contribution >= 4 is 11.9 Å². The van der Waals surface area contributed by atoms with Crippen LogP contribution in [0.25, 0.3) is 22.3 Å². The third kappa shape index (κ3) is 7.04. The molecule has 0 saturated carbocycles. The molecule has 0 aliphatic carbocycles. The molecule has 0 fully saturated rings. The molecule has 0 aromatic heterocycles. The number of ether oxygens (including phenoxy) is 2. The molecule has 0 aliphatic rings. The molecule has 0 unspecified atom stereocenters. The van der Waals surface area contributed by atoms with Crippen LogP contribution in [0.1, 0.15) is 25.8 Å². The van der Waals surface area contributed by atoms with Crippen LogP contribution in [0, 0.1) is 0 Å². The maximum Gasteiger partial charge on any atom is 0.338 e. The first-order valence-corrected chi connectivity index (χ1v) is 10.8. The Bertz CT molecular complexity index is 1150. The van der Waals surface area contributed by atoms with E-state index in [0.29, 0.717) is 24.4 Å². The molecule has 168 valence electrons. The SMILES string of the molecule is C=C(C)CC(=O)OCCc1ccc(-c2cccc(-c3ccc(OC(=O)C(=C)C)cc3)c2)cc1. The number of benzene rings is 3. The Balaban J connectivity index is 1.64. The minimum absolute atomic E-state index is 0.238. The summed E-state index contributed by atoms with van der Waals surface area (Å²) in [5.74, 6) is -0.181. The molecule has 0 aliphatic heterocycles. The van der Waals surface area contributed by atoms with Crippen LogP contribution in [-0.2, 0) is 20.7 Å². The quantitative estimate of drug-likeness (QED) is 0.164. The summed E-state index contributed by atoms with van der Waals surface area (Å²) >= 11 is 0. The van der Waals surface area contributed by atoms with Crippen LogP contribution in [0.15, 0.2) is 97.1 Å². The van der Waals surface area contributed by atoms with Crippen molar-refractivity contribution in [2.24, 2.45) is 0 Å². The summed E-state index contributed by atoms with van der Waals surface area (Å²) in [6, 6.07) is 23.9. The fourth-order valence-electron chi connectivity index (χ4n) is 3.23. The van der Waals surface area contributed by atoms with E-state index in [-0.39, 0.29) is 12.4 Å². The predicted octanol–water partition coefficient (Wildman–Crippen LogP) is 6.55. The number of esters is 2. The van der Waals surface area contributed by atoms with Crippen molar-refractivity contribution in [3.05, 3.63) is 103 Å². The van der Waals surface area contributed by atoms with Gasteiger partial charge in [-0.05, 0) is 59.9 Å². The highest BCUT2D eigenvalue weighted by molar-refractivity contribution is 5.88. The molecule has 0 heterocycles. The van der Waals surface area contributed by atoms with Gasteiger partial charge in [-0.15, -0.1) is 0 Å². The summed E-state index contributed by atoms with van der Waals surface area (Å²) < 4.78 is 10.5. The van der Waals surface area contributed by atoms with Crippen LogP contribution in [-0.4, -0.2) is 18.5 Å². The summed E-state index contributed by atoms with van der Waals surface area (Å²) in [6.45, 7) is 11.1. The first-order valence-electron chi connectivity index (χ1n) is 10.8. The number of rotatable bonds is 9. The Hall–Kier alpha value is -3.92. The molecule has 3 aromatic carbocycles. The summed E-state index contributed by atoms with van der Waals surface area (Å²) in [6.07, 6.45) is 0.933. The van der Waals surface area contributed by atoms with Gasteiger partial charge in [0.1, 0.15) is 5.75 Å². The fourth-order valence-corrected chi connectivity index (χ4v) is 3.23. The molecule has 0 bridgehead atoms. The lowest BCUT2D eigenvalue weighted by Gasteiger charge is -2.09. The third-order valence-corrected chi connectivity index (χ3v) is 5.00. The molecular formula is C29H28O4. The number of carbonyl (C=O) groups is 2. The zero-order chi connectivity index (χ0) is 23.8. The Kier molecular flexibility index (Phi) is 7.98. The summed E-state index contributed by atoms with van der Waals surface area (Å²) in [5, 5.41) is 0. The van der Waals surface area contributed by atoms with Crippen molar-refractivity contribution in [3.63, 3.8) is 0 Å². The molecule has 33 heavy (non-hydrogen) atoms. The minimum atomic E-state index is -0.432. The average molecular weight is 441 g/mol. The molecule has 0 saturated heterocycles. The van der Waals surface area contributed by atoms with E-state index in [1.807, 2.05) is 31.2 Å². The summed E-state index contributed by atoms with van der Waals surface area (Å²) in [7, 11) is 0. The van der Waals surface area contributed by atoms with Gasteiger partial charge in [0.2, 0.25) is 0 Å². The molecule has 0 amide bonds. The van der Waals surface area contributed by atoms with E-state index in [1.165, 1.54) is 0 Å². The molecule has 0 N–H and O–H groups in total. The first-order chi connectivity index (χ1) is 15.8. The van der Waals surface area contributed by atoms with E-state index in [2.05, 4.69) is 49.6 Å². The van der Waals surface area contributed by atoms with Crippen molar-refractivity contribution in [2.45, 2.75) is 26.7 Å². The van der Waals surface area contributed by atoms with E-state index in [0.717, 1.165) is 33.4 Å². The number of carbonyl (C=O) groups excluding carboxylic acids is 2. The van der Waals surface area contributed by atoms with Gasteiger partial charge >= 0.3 is 11.9 Å². The second-order valence-electron chi connectivity index (χ2n) is 8.08. The third-order valence-electron chi connectivity index (χ3n) is 5.00. The normalized spacial score (nSPS) is 10.4. The van der Waals surface area contributed by atoms with E-state index >= 15 is 0 Å². The lowest BCUT2D eigenvalue weighted by molar-refractivity contribution is -0.142. The van der Waals surface area contributed by atoms with Crippen LogP contribution in [0.4, 0.5) is 0 Å². The van der Waals surface area contributed by atoms with Gasteiger partial charge in [-0.3, -0.25) is 4.79 Å². The lowest BCUT2D eigenvalue weighted by Crippen LogP contribution is -2.07. The largest absolute Gasteiger partial charge is 0.465 e. The van der Waals surface area contributed by atoms with Gasteiger partial charge in [0.25, 0.3) is 0 Å². The summed E-state index contributed by atoms with van der Waals surface area (Å²) in [5.41, 5.74) is 6.57. The van der Waals surface area contributed by atoms with Gasteiger partial charge in [0.05, 0.1) is 13.0 Å². The second-order valence-corrected chi connectivity index (χ2v) is 8.08. The molecule has 4 nitrogen and oxygen atoms in total. The van der Waals surface area contributed by atoms with Gasteiger partial charge in [0.15, 0.2) is 0 Å². The number of hydrogen-bond acceptors (Lipinski definition) is 4. The Morgan fingerprint density at radius 2 is 1.36 bits per heavy atom. The van der Waals surface area contributed by atoms with E-state index < -0.39 is 5.97 Å². The van der Waals surface area contributed by atoms with Gasteiger partial charge in [-0.2, -0.15) is 0 Å². The van der Waals surface area contributed by atoms with E-state index in [4.69, 9.17) is 9.47 Å². The van der Waals surface area contributed by atoms with Crippen molar-refractivity contribution in [2.75, 3.05) is 6.61 Å². The smallest absolute Gasteiger partial charge is 0.338 e. The predicted molar refractivity (Wildman–Crippen MR) is 132 cm³/mol.